The summed E-state index contributed by atoms with van der Waals surface area (Å²) in [6, 6.07) is 12.9. The largest absolute Gasteiger partial charge is 0.458 e. The first-order valence-corrected chi connectivity index (χ1v) is 11.3. The maximum absolute atomic E-state index is 13.3. The summed E-state index contributed by atoms with van der Waals surface area (Å²) in [5, 5.41) is 11.8. The van der Waals surface area contributed by atoms with E-state index in [0.29, 0.717) is 57.3 Å². The second-order valence-corrected chi connectivity index (χ2v) is 8.81. The van der Waals surface area contributed by atoms with Gasteiger partial charge in [0.1, 0.15) is 17.8 Å². The zero-order valence-corrected chi connectivity index (χ0v) is 18.6. The van der Waals surface area contributed by atoms with Gasteiger partial charge in [-0.2, -0.15) is 0 Å². The van der Waals surface area contributed by atoms with Crippen LogP contribution in [0.3, 0.4) is 0 Å². The van der Waals surface area contributed by atoms with Crippen LogP contribution in [-0.4, -0.2) is 30.6 Å². The number of rotatable bonds is 2. The number of oxazole rings is 1. The van der Waals surface area contributed by atoms with Crippen LogP contribution in [0.4, 0.5) is 0 Å². The van der Waals surface area contributed by atoms with E-state index in [1.165, 1.54) is 0 Å². The number of ether oxygens (including phenoxy) is 1. The van der Waals surface area contributed by atoms with Gasteiger partial charge in [0.05, 0.1) is 29.0 Å². The van der Waals surface area contributed by atoms with Crippen LogP contribution in [-0.2, 0) is 28.3 Å². The van der Waals surface area contributed by atoms with Crippen LogP contribution in [0, 0.1) is 0 Å². The van der Waals surface area contributed by atoms with E-state index in [4.69, 9.17) is 14.1 Å². The first kappa shape index (κ1) is 20.0. The highest BCUT2D eigenvalue weighted by atomic mass is 16.6. The van der Waals surface area contributed by atoms with Gasteiger partial charge < -0.3 is 18.8 Å². The summed E-state index contributed by atoms with van der Waals surface area (Å²) < 4.78 is 12.7. The molecule has 0 bridgehead atoms. The monoisotopic (exact) mass is 466 g/mol. The standard InChI is InChI=1S/C26H18N4O5/c1-2-26(33)16-10-19-21-13(11-30(19)24(31)15(16)12-34-25(26)32)9-14-17(28-21)6-7-20-22(14)29-23(35-20)18-5-3-4-8-27-18/h3-10,33H,2,11-12H2,1H3/t26-/m0/s1. The molecule has 0 unspecified atom stereocenters. The molecule has 1 atom stereocenters. The smallest absolute Gasteiger partial charge is 0.343 e. The second kappa shape index (κ2) is 6.83. The van der Waals surface area contributed by atoms with Gasteiger partial charge in [-0.05, 0) is 42.8 Å². The summed E-state index contributed by atoms with van der Waals surface area (Å²) in [6.45, 7) is 1.85. The summed E-state index contributed by atoms with van der Waals surface area (Å²) in [7, 11) is 0. The van der Waals surface area contributed by atoms with Crippen LogP contribution in [0.5, 0.6) is 0 Å². The molecule has 2 aliphatic rings. The third kappa shape index (κ3) is 2.64. The average molecular weight is 466 g/mol. The minimum absolute atomic E-state index is 0.0997. The van der Waals surface area contributed by atoms with Gasteiger partial charge in [0, 0.05) is 22.7 Å². The number of nitrogens with zero attached hydrogens (tertiary/aromatic N) is 4. The Balaban J connectivity index is 1.43. The lowest BCUT2D eigenvalue weighted by Gasteiger charge is -2.31. The summed E-state index contributed by atoms with van der Waals surface area (Å²) in [5.41, 5.74) is 3.13. The molecule has 4 aromatic heterocycles. The average Bonchev–Trinajstić information content (AvgIpc) is 3.48. The minimum atomic E-state index is -1.85. The number of aliphatic hydroxyl groups is 1. The van der Waals surface area contributed by atoms with Gasteiger partial charge >= 0.3 is 5.97 Å². The molecule has 9 heteroatoms. The Morgan fingerprint density at radius 3 is 2.83 bits per heavy atom. The number of carbonyl (C=O) groups excluding carboxylic acids is 1. The molecule has 0 radical (unpaired) electrons. The molecule has 9 nitrogen and oxygen atoms in total. The zero-order chi connectivity index (χ0) is 23.9. The predicted molar refractivity (Wildman–Crippen MR) is 125 cm³/mol. The third-order valence-corrected chi connectivity index (χ3v) is 6.93. The van der Waals surface area contributed by atoms with Crippen molar-refractivity contribution in [3.05, 3.63) is 75.7 Å². The fourth-order valence-electron chi connectivity index (χ4n) is 5.04. The van der Waals surface area contributed by atoms with E-state index >= 15 is 0 Å². The van der Waals surface area contributed by atoms with E-state index in [0.717, 1.165) is 10.9 Å². The van der Waals surface area contributed by atoms with Crippen LogP contribution in [0.25, 0.3) is 45.0 Å². The van der Waals surface area contributed by atoms with Gasteiger partial charge in [0.15, 0.2) is 11.2 Å². The quantitative estimate of drug-likeness (QED) is 0.386. The Kier molecular flexibility index (Phi) is 3.91. The molecule has 1 N–H and O–H groups in total. The summed E-state index contributed by atoms with van der Waals surface area (Å²) in [6.07, 6.45) is 1.78. The number of hydrogen-bond acceptors (Lipinski definition) is 8. The molecule has 5 aromatic rings. The summed E-state index contributed by atoms with van der Waals surface area (Å²) >= 11 is 0. The molecule has 0 fully saturated rings. The fraction of sp³-hybridized carbons (Fsp3) is 0.192. The molecular weight excluding hydrogens is 448 g/mol. The molecule has 0 aliphatic carbocycles. The molecule has 0 saturated carbocycles. The van der Waals surface area contributed by atoms with E-state index < -0.39 is 11.6 Å². The molecule has 1 aromatic carbocycles. The SMILES string of the molecule is CC[C@@]1(O)C(=O)OCc2c1cc1n(c2=O)Cc2cc3c(ccc4oc(-c5ccccn5)nc43)nc2-1. The molecular formula is C26H18N4O5. The Labute approximate surface area is 197 Å². The lowest BCUT2D eigenvalue weighted by Crippen LogP contribution is -2.44. The van der Waals surface area contributed by atoms with E-state index in [-0.39, 0.29) is 18.6 Å². The molecule has 172 valence electrons. The van der Waals surface area contributed by atoms with Crippen LogP contribution < -0.4 is 5.56 Å². The maximum atomic E-state index is 13.3. The lowest BCUT2D eigenvalue weighted by atomic mass is 9.86. The van der Waals surface area contributed by atoms with Gasteiger partial charge in [-0.1, -0.05) is 13.0 Å². The summed E-state index contributed by atoms with van der Waals surface area (Å²) in [5.74, 6) is -0.317. The van der Waals surface area contributed by atoms with Crippen molar-refractivity contribution in [2.24, 2.45) is 0 Å². The predicted octanol–water partition coefficient (Wildman–Crippen LogP) is 3.28. The van der Waals surface area contributed by atoms with Crippen molar-refractivity contribution in [2.45, 2.75) is 32.1 Å². The van der Waals surface area contributed by atoms with Crippen molar-refractivity contribution in [1.82, 2.24) is 19.5 Å². The Morgan fingerprint density at radius 1 is 1.14 bits per heavy atom. The van der Waals surface area contributed by atoms with E-state index in [9.17, 15) is 14.7 Å². The van der Waals surface area contributed by atoms with Crippen LogP contribution >= 0.6 is 0 Å². The topological polar surface area (TPSA) is 120 Å². The number of aromatic nitrogens is 4. The van der Waals surface area contributed by atoms with Crippen molar-refractivity contribution in [2.75, 3.05) is 0 Å². The molecule has 2 aliphatic heterocycles. The first-order valence-electron chi connectivity index (χ1n) is 11.3. The van der Waals surface area contributed by atoms with Gasteiger partial charge in [-0.25, -0.2) is 14.8 Å². The molecule has 35 heavy (non-hydrogen) atoms. The van der Waals surface area contributed by atoms with Gasteiger partial charge in [0.2, 0.25) is 5.89 Å². The van der Waals surface area contributed by atoms with E-state index in [2.05, 4.69) is 9.97 Å². The Morgan fingerprint density at radius 2 is 2.03 bits per heavy atom. The molecule has 0 amide bonds. The minimum Gasteiger partial charge on any atom is -0.458 e. The molecule has 0 saturated heterocycles. The summed E-state index contributed by atoms with van der Waals surface area (Å²) in [4.78, 5) is 39.6. The number of carbonyl (C=O) groups is 1. The van der Waals surface area contributed by atoms with Crippen LogP contribution in [0.2, 0.25) is 0 Å². The van der Waals surface area contributed by atoms with Gasteiger partial charge in [-0.3, -0.25) is 9.78 Å². The van der Waals surface area contributed by atoms with Crippen molar-refractivity contribution in [1.29, 1.82) is 0 Å². The molecule has 0 spiro atoms. The number of esters is 1. The van der Waals surface area contributed by atoms with Gasteiger partial charge in [-0.15, -0.1) is 0 Å². The first-order chi connectivity index (χ1) is 17.0. The number of cyclic esters (lactones) is 1. The number of benzene rings is 1. The van der Waals surface area contributed by atoms with Crippen molar-refractivity contribution < 1.29 is 19.1 Å². The molecule has 7 rings (SSSR count). The Bertz CT molecular complexity index is 1770. The van der Waals surface area contributed by atoms with Crippen LogP contribution in [0.1, 0.15) is 30.0 Å². The second-order valence-electron chi connectivity index (χ2n) is 8.81. The van der Waals surface area contributed by atoms with E-state index in [1.807, 2.05) is 36.4 Å². The van der Waals surface area contributed by atoms with Crippen molar-refractivity contribution in [3.8, 4) is 23.0 Å². The fourth-order valence-corrected chi connectivity index (χ4v) is 5.04. The zero-order valence-electron chi connectivity index (χ0n) is 18.6. The lowest BCUT2D eigenvalue weighted by molar-refractivity contribution is -0.172. The van der Waals surface area contributed by atoms with E-state index in [1.54, 1.807) is 23.8 Å². The Hall–Kier alpha value is -4.37. The third-order valence-electron chi connectivity index (χ3n) is 6.93. The number of hydrogen-bond donors (Lipinski definition) is 1. The number of pyridine rings is 3. The maximum Gasteiger partial charge on any atom is 0.343 e. The van der Waals surface area contributed by atoms with Gasteiger partial charge in [0.25, 0.3) is 5.56 Å². The molecule has 6 heterocycles. The highest BCUT2D eigenvalue weighted by Gasteiger charge is 2.45. The van der Waals surface area contributed by atoms with Crippen LogP contribution in [0.15, 0.2) is 57.9 Å². The highest BCUT2D eigenvalue weighted by Crippen LogP contribution is 2.39. The number of fused-ring (bicyclic) bond motifs is 7. The highest BCUT2D eigenvalue weighted by molar-refractivity contribution is 6.03. The normalized spacial score (nSPS) is 18.4. The van der Waals surface area contributed by atoms with Crippen molar-refractivity contribution in [3.63, 3.8) is 0 Å². The van der Waals surface area contributed by atoms with Crippen molar-refractivity contribution >= 4 is 28.0 Å².